The molecule has 0 saturated heterocycles. The fraction of sp³-hybridized carbons (Fsp3) is 0.471. The maximum atomic E-state index is 11.4. The maximum absolute atomic E-state index is 11.4. The Kier molecular flexibility index (Phi) is 2.67. The van der Waals surface area contributed by atoms with Gasteiger partial charge in [0.25, 0.3) is 0 Å². The molecule has 0 bridgehead atoms. The molecular weight excluding hydrogens is 264 g/mol. The van der Waals surface area contributed by atoms with Gasteiger partial charge >= 0.3 is 5.97 Å². The number of likely N-dealkylation sites (N-methyl/N-ethyl adjacent to an activating group) is 1. The van der Waals surface area contributed by atoms with E-state index in [1.54, 1.807) is 0 Å². The first-order valence-corrected chi connectivity index (χ1v) is 7.61. The number of benzene rings is 1. The van der Waals surface area contributed by atoms with Crippen molar-refractivity contribution in [2.45, 2.75) is 31.3 Å². The zero-order valence-electron chi connectivity index (χ0n) is 12.3. The SMILES string of the molecule is CC1Nc2cccc3c2[C@@H]1C[C@@H]1C3=C[C@@H](C(=O)O)CN1C. The van der Waals surface area contributed by atoms with Crippen molar-refractivity contribution in [1.29, 1.82) is 0 Å². The average molecular weight is 284 g/mol. The number of aliphatic carboxylic acids is 1. The lowest BCUT2D eigenvalue weighted by atomic mass is 9.73. The lowest BCUT2D eigenvalue weighted by Gasteiger charge is -2.42. The molecule has 1 unspecified atom stereocenters. The Balaban J connectivity index is 1.89. The summed E-state index contributed by atoms with van der Waals surface area (Å²) in [6.07, 6.45) is 3.06. The second-order valence-electron chi connectivity index (χ2n) is 6.56. The van der Waals surface area contributed by atoms with Crippen LogP contribution in [-0.2, 0) is 4.79 Å². The quantitative estimate of drug-likeness (QED) is 0.831. The number of carbonyl (C=O) groups is 1. The van der Waals surface area contributed by atoms with E-state index in [2.05, 4.69) is 42.4 Å². The van der Waals surface area contributed by atoms with Crippen molar-refractivity contribution >= 4 is 17.2 Å². The average Bonchev–Trinajstić information content (AvgIpc) is 2.77. The molecule has 3 aliphatic rings. The van der Waals surface area contributed by atoms with Gasteiger partial charge in [0, 0.05) is 30.2 Å². The molecule has 4 rings (SSSR count). The van der Waals surface area contributed by atoms with Crippen LogP contribution in [0.1, 0.15) is 30.4 Å². The van der Waals surface area contributed by atoms with Crippen molar-refractivity contribution in [3.8, 4) is 0 Å². The van der Waals surface area contributed by atoms with Gasteiger partial charge in [-0.1, -0.05) is 18.2 Å². The fourth-order valence-corrected chi connectivity index (χ4v) is 4.28. The van der Waals surface area contributed by atoms with Crippen LogP contribution < -0.4 is 5.32 Å². The molecule has 110 valence electrons. The number of fused-ring (bicyclic) bond motifs is 2. The first-order valence-electron chi connectivity index (χ1n) is 7.61. The molecule has 21 heavy (non-hydrogen) atoms. The highest BCUT2D eigenvalue weighted by Crippen LogP contribution is 2.50. The van der Waals surface area contributed by atoms with Crippen LogP contribution in [0.4, 0.5) is 5.69 Å². The summed E-state index contributed by atoms with van der Waals surface area (Å²) >= 11 is 0. The minimum absolute atomic E-state index is 0.343. The van der Waals surface area contributed by atoms with Gasteiger partial charge < -0.3 is 10.4 Å². The van der Waals surface area contributed by atoms with Crippen molar-refractivity contribution in [2.75, 3.05) is 18.9 Å². The smallest absolute Gasteiger partial charge is 0.311 e. The summed E-state index contributed by atoms with van der Waals surface area (Å²) in [7, 11) is 2.05. The Morgan fingerprint density at radius 1 is 1.43 bits per heavy atom. The first kappa shape index (κ1) is 12.9. The number of rotatable bonds is 1. The van der Waals surface area contributed by atoms with Crippen LogP contribution in [0.3, 0.4) is 0 Å². The highest BCUT2D eigenvalue weighted by atomic mass is 16.4. The molecule has 4 nitrogen and oxygen atoms in total. The predicted octanol–water partition coefficient (Wildman–Crippen LogP) is 2.39. The van der Waals surface area contributed by atoms with Gasteiger partial charge in [-0.25, -0.2) is 0 Å². The van der Waals surface area contributed by atoms with E-state index in [0.717, 1.165) is 6.42 Å². The number of hydrogen-bond acceptors (Lipinski definition) is 3. The Labute approximate surface area is 124 Å². The molecule has 2 aliphatic heterocycles. The summed E-state index contributed by atoms with van der Waals surface area (Å²) < 4.78 is 0. The molecule has 1 aromatic rings. The molecular formula is C17H20N2O2. The zero-order valence-corrected chi connectivity index (χ0v) is 12.3. The van der Waals surface area contributed by atoms with Crippen LogP contribution in [0, 0.1) is 5.92 Å². The van der Waals surface area contributed by atoms with E-state index in [-0.39, 0.29) is 0 Å². The van der Waals surface area contributed by atoms with Crippen molar-refractivity contribution in [1.82, 2.24) is 4.90 Å². The maximum Gasteiger partial charge on any atom is 0.311 e. The fourth-order valence-electron chi connectivity index (χ4n) is 4.28. The topological polar surface area (TPSA) is 52.6 Å². The molecule has 4 atom stereocenters. The van der Waals surface area contributed by atoms with Crippen LogP contribution in [-0.4, -0.2) is 41.7 Å². The monoisotopic (exact) mass is 284 g/mol. The molecule has 4 heteroatoms. The van der Waals surface area contributed by atoms with E-state index in [1.807, 2.05) is 6.08 Å². The van der Waals surface area contributed by atoms with Crippen molar-refractivity contribution < 1.29 is 9.90 Å². The molecule has 0 aromatic heterocycles. The third kappa shape index (κ3) is 1.75. The molecule has 0 amide bonds. The zero-order chi connectivity index (χ0) is 14.7. The number of anilines is 1. The molecule has 2 heterocycles. The third-order valence-electron chi connectivity index (χ3n) is 5.33. The van der Waals surface area contributed by atoms with Gasteiger partial charge in [0.1, 0.15) is 0 Å². The normalized spacial score (nSPS) is 33.7. The van der Waals surface area contributed by atoms with Crippen LogP contribution in [0.2, 0.25) is 0 Å². The molecule has 0 fully saturated rings. The molecule has 0 saturated carbocycles. The van der Waals surface area contributed by atoms with Gasteiger partial charge in [0.2, 0.25) is 0 Å². The summed E-state index contributed by atoms with van der Waals surface area (Å²) in [5, 5.41) is 12.9. The number of carboxylic acids is 1. The Morgan fingerprint density at radius 3 is 3.00 bits per heavy atom. The third-order valence-corrected chi connectivity index (χ3v) is 5.33. The number of hydrogen-bond donors (Lipinski definition) is 2. The van der Waals surface area contributed by atoms with Gasteiger partial charge in [-0.3, -0.25) is 9.69 Å². The van der Waals surface area contributed by atoms with Crippen molar-refractivity contribution in [3.05, 3.63) is 35.4 Å². The summed E-state index contributed by atoms with van der Waals surface area (Å²) in [5.41, 5.74) is 5.08. The lowest BCUT2D eigenvalue weighted by Crippen LogP contribution is -2.45. The molecule has 0 spiro atoms. The van der Waals surface area contributed by atoms with Crippen LogP contribution >= 0.6 is 0 Å². The van der Waals surface area contributed by atoms with E-state index in [4.69, 9.17) is 0 Å². The van der Waals surface area contributed by atoms with E-state index < -0.39 is 11.9 Å². The second-order valence-corrected chi connectivity index (χ2v) is 6.56. The minimum atomic E-state index is -0.728. The van der Waals surface area contributed by atoms with Gasteiger partial charge in [-0.15, -0.1) is 0 Å². The molecule has 0 radical (unpaired) electrons. The Hall–Kier alpha value is -1.81. The molecule has 1 aromatic carbocycles. The Bertz CT molecular complexity index is 652. The largest absolute Gasteiger partial charge is 0.481 e. The minimum Gasteiger partial charge on any atom is -0.481 e. The van der Waals surface area contributed by atoms with E-state index in [9.17, 15) is 9.90 Å². The Morgan fingerprint density at radius 2 is 2.24 bits per heavy atom. The number of nitrogens with one attached hydrogen (secondary N) is 1. The summed E-state index contributed by atoms with van der Waals surface area (Å²) in [6, 6.07) is 7.16. The summed E-state index contributed by atoms with van der Waals surface area (Å²) in [4.78, 5) is 13.6. The van der Waals surface area contributed by atoms with E-state index in [0.29, 0.717) is 24.5 Å². The van der Waals surface area contributed by atoms with E-state index in [1.165, 1.54) is 22.4 Å². The van der Waals surface area contributed by atoms with Gasteiger partial charge in [-0.05, 0) is 43.2 Å². The first-order chi connectivity index (χ1) is 10.1. The van der Waals surface area contributed by atoms with Gasteiger partial charge in [-0.2, -0.15) is 0 Å². The number of nitrogens with zero attached hydrogens (tertiary/aromatic N) is 1. The van der Waals surface area contributed by atoms with E-state index >= 15 is 0 Å². The van der Waals surface area contributed by atoms with Gasteiger partial charge in [0.05, 0.1) is 5.92 Å². The van der Waals surface area contributed by atoms with Crippen LogP contribution in [0.5, 0.6) is 0 Å². The van der Waals surface area contributed by atoms with Crippen molar-refractivity contribution in [2.24, 2.45) is 5.92 Å². The van der Waals surface area contributed by atoms with Crippen molar-refractivity contribution in [3.63, 3.8) is 0 Å². The second kappa shape index (κ2) is 4.34. The standard InChI is InChI=1S/C17H20N2O2/c1-9-12-7-15-13(6-10(17(20)21)8-19(15)2)11-4-3-5-14(18-9)16(11)12/h3-6,9-10,12,15,18H,7-8H2,1-2H3,(H,20,21)/t9?,10-,12-,15-/m1/s1. The molecule has 2 N–H and O–H groups in total. The van der Waals surface area contributed by atoms with Crippen LogP contribution in [0.25, 0.3) is 5.57 Å². The van der Waals surface area contributed by atoms with Gasteiger partial charge in [0.15, 0.2) is 0 Å². The van der Waals surface area contributed by atoms with Crippen LogP contribution in [0.15, 0.2) is 24.3 Å². The predicted molar refractivity (Wildman–Crippen MR) is 82.4 cm³/mol. The highest BCUT2D eigenvalue weighted by molar-refractivity contribution is 5.85. The number of carboxylic acid groups (broad SMARTS) is 1. The lowest BCUT2D eigenvalue weighted by molar-refractivity contribution is -0.140. The molecule has 1 aliphatic carbocycles. The highest BCUT2D eigenvalue weighted by Gasteiger charge is 2.42. The summed E-state index contributed by atoms with van der Waals surface area (Å²) in [5.74, 6) is -0.600. The summed E-state index contributed by atoms with van der Waals surface area (Å²) in [6.45, 7) is 2.85.